The molecular weight excluding hydrogens is 262 g/mol. The number of furan rings is 1. The van der Waals surface area contributed by atoms with E-state index in [0.717, 1.165) is 27.4 Å². The zero-order valence-electron chi connectivity index (χ0n) is 11.4. The van der Waals surface area contributed by atoms with E-state index >= 15 is 0 Å². The Morgan fingerprint density at radius 3 is 2.81 bits per heavy atom. The lowest BCUT2D eigenvalue weighted by molar-refractivity contribution is 0.542. The third-order valence-corrected chi connectivity index (χ3v) is 3.83. The van der Waals surface area contributed by atoms with Crippen molar-refractivity contribution in [2.45, 2.75) is 12.6 Å². The summed E-state index contributed by atoms with van der Waals surface area (Å²) >= 11 is 0. The van der Waals surface area contributed by atoms with Gasteiger partial charge in [0.05, 0.1) is 24.5 Å². The van der Waals surface area contributed by atoms with Crippen molar-refractivity contribution in [3.8, 4) is 0 Å². The number of benzene rings is 2. The molecule has 4 rings (SSSR count). The molecule has 1 atom stereocenters. The molecule has 0 saturated heterocycles. The van der Waals surface area contributed by atoms with Crippen LogP contribution in [0.3, 0.4) is 0 Å². The van der Waals surface area contributed by atoms with E-state index in [1.165, 1.54) is 0 Å². The Hall–Kier alpha value is -2.59. The van der Waals surface area contributed by atoms with Crippen molar-refractivity contribution in [2.24, 2.45) is 5.73 Å². The zero-order chi connectivity index (χ0) is 14.2. The van der Waals surface area contributed by atoms with E-state index in [0.29, 0.717) is 6.54 Å². The number of rotatable bonds is 3. The van der Waals surface area contributed by atoms with Gasteiger partial charge in [-0.05, 0) is 23.8 Å². The molecule has 0 aliphatic rings. The maximum absolute atomic E-state index is 6.31. The molecule has 2 heterocycles. The molecule has 0 bridgehead atoms. The van der Waals surface area contributed by atoms with Crippen molar-refractivity contribution in [3.63, 3.8) is 0 Å². The Morgan fingerprint density at radius 2 is 1.95 bits per heavy atom. The van der Waals surface area contributed by atoms with Gasteiger partial charge in [0.25, 0.3) is 0 Å². The fourth-order valence-electron chi connectivity index (χ4n) is 2.76. The second kappa shape index (κ2) is 4.75. The summed E-state index contributed by atoms with van der Waals surface area (Å²) in [6, 6.07) is 16.0. The van der Waals surface area contributed by atoms with Gasteiger partial charge >= 0.3 is 0 Å². The SMILES string of the molecule is NC(Cn1ncc2ccc3occc3c21)c1ccccc1. The maximum atomic E-state index is 6.31. The number of hydrogen-bond donors (Lipinski definition) is 1. The van der Waals surface area contributed by atoms with Crippen LogP contribution in [0.25, 0.3) is 21.9 Å². The molecular formula is C17H15N3O. The second-order valence-electron chi connectivity index (χ2n) is 5.18. The lowest BCUT2D eigenvalue weighted by Gasteiger charge is -2.13. The molecule has 21 heavy (non-hydrogen) atoms. The molecule has 2 aromatic carbocycles. The van der Waals surface area contributed by atoms with Crippen LogP contribution in [0.1, 0.15) is 11.6 Å². The number of aromatic nitrogens is 2. The zero-order valence-corrected chi connectivity index (χ0v) is 11.4. The van der Waals surface area contributed by atoms with Crippen molar-refractivity contribution in [3.05, 3.63) is 66.6 Å². The van der Waals surface area contributed by atoms with E-state index in [-0.39, 0.29) is 6.04 Å². The van der Waals surface area contributed by atoms with E-state index in [2.05, 4.69) is 5.10 Å². The average Bonchev–Trinajstić information content (AvgIpc) is 3.14. The Bertz CT molecular complexity index is 892. The number of nitrogens with zero attached hydrogens (tertiary/aromatic N) is 2. The summed E-state index contributed by atoms with van der Waals surface area (Å²) in [5, 5.41) is 6.66. The minimum absolute atomic E-state index is 0.0866. The molecule has 1 unspecified atom stereocenters. The Kier molecular flexibility index (Phi) is 2.75. The molecule has 0 amide bonds. The van der Waals surface area contributed by atoms with E-state index in [1.54, 1.807) is 6.26 Å². The van der Waals surface area contributed by atoms with Crippen LogP contribution in [-0.2, 0) is 6.54 Å². The van der Waals surface area contributed by atoms with Crippen LogP contribution < -0.4 is 5.73 Å². The summed E-state index contributed by atoms with van der Waals surface area (Å²) in [7, 11) is 0. The summed E-state index contributed by atoms with van der Waals surface area (Å²) in [6.07, 6.45) is 3.58. The topological polar surface area (TPSA) is 57.0 Å². The molecule has 4 aromatic rings. The molecule has 0 aliphatic carbocycles. The first-order chi connectivity index (χ1) is 10.3. The van der Waals surface area contributed by atoms with Crippen molar-refractivity contribution in [2.75, 3.05) is 0 Å². The highest BCUT2D eigenvalue weighted by Gasteiger charge is 2.12. The lowest BCUT2D eigenvalue weighted by Crippen LogP contribution is -2.18. The van der Waals surface area contributed by atoms with Gasteiger partial charge < -0.3 is 10.2 Å². The minimum Gasteiger partial charge on any atom is -0.464 e. The van der Waals surface area contributed by atoms with Gasteiger partial charge in [-0.3, -0.25) is 4.68 Å². The predicted octanol–water partition coefficient (Wildman–Crippen LogP) is 3.48. The van der Waals surface area contributed by atoms with Crippen LogP contribution in [0.2, 0.25) is 0 Å². The highest BCUT2D eigenvalue weighted by atomic mass is 16.3. The van der Waals surface area contributed by atoms with Crippen LogP contribution in [0.5, 0.6) is 0 Å². The van der Waals surface area contributed by atoms with Crippen molar-refractivity contribution < 1.29 is 4.42 Å². The van der Waals surface area contributed by atoms with Crippen LogP contribution >= 0.6 is 0 Å². The number of fused-ring (bicyclic) bond motifs is 3. The van der Waals surface area contributed by atoms with Gasteiger partial charge in [0.1, 0.15) is 5.58 Å². The van der Waals surface area contributed by atoms with Crippen molar-refractivity contribution >= 4 is 21.9 Å². The first-order valence-corrected chi connectivity index (χ1v) is 6.95. The normalized spacial score (nSPS) is 13.0. The molecule has 0 aliphatic heterocycles. The van der Waals surface area contributed by atoms with Gasteiger partial charge in [0, 0.05) is 16.8 Å². The highest BCUT2D eigenvalue weighted by molar-refractivity contribution is 6.03. The van der Waals surface area contributed by atoms with Crippen LogP contribution in [0.4, 0.5) is 0 Å². The number of hydrogen-bond acceptors (Lipinski definition) is 3. The van der Waals surface area contributed by atoms with Gasteiger partial charge in [0.2, 0.25) is 0 Å². The summed E-state index contributed by atoms with van der Waals surface area (Å²) in [5.74, 6) is 0. The molecule has 0 saturated carbocycles. The second-order valence-corrected chi connectivity index (χ2v) is 5.18. The van der Waals surface area contributed by atoms with E-state index in [4.69, 9.17) is 10.2 Å². The van der Waals surface area contributed by atoms with Gasteiger partial charge in [-0.1, -0.05) is 30.3 Å². The third-order valence-electron chi connectivity index (χ3n) is 3.83. The van der Waals surface area contributed by atoms with E-state index < -0.39 is 0 Å². The standard InChI is InChI=1S/C17H15N3O/c18-15(12-4-2-1-3-5-12)11-20-17-13(10-19-20)6-7-16-14(17)8-9-21-16/h1-10,15H,11,18H2. The molecule has 104 valence electrons. The average molecular weight is 277 g/mol. The van der Waals surface area contributed by atoms with E-state index in [9.17, 15) is 0 Å². The van der Waals surface area contributed by atoms with Gasteiger partial charge in [-0.25, -0.2) is 0 Å². The smallest absolute Gasteiger partial charge is 0.136 e. The molecule has 4 heteroatoms. The Labute approximate surface area is 121 Å². The molecule has 0 spiro atoms. The number of nitrogens with two attached hydrogens (primary N) is 1. The summed E-state index contributed by atoms with van der Waals surface area (Å²) in [5.41, 5.74) is 9.37. The maximum Gasteiger partial charge on any atom is 0.136 e. The van der Waals surface area contributed by atoms with Crippen LogP contribution in [-0.4, -0.2) is 9.78 Å². The van der Waals surface area contributed by atoms with E-state index in [1.807, 2.05) is 59.4 Å². The van der Waals surface area contributed by atoms with Crippen LogP contribution in [0, 0.1) is 0 Å². The van der Waals surface area contributed by atoms with Gasteiger partial charge in [0.15, 0.2) is 0 Å². The summed E-state index contributed by atoms with van der Waals surface area (Å²) in [4.78, 5) is 0. The van der Waals surface area contributed by atoms with Gasteiger partial charge in [-0.15, -0.1) is 0 Å². The fraction of sp³-hybridized carbons (Fsp3) is 0.118. The monoisotopic (exact) mass is 277 g/mol. The Morgan fingerprint density at radius 1 is 1.10 bits per heavy atom. The lowest BCUT2D eigenvalue weighted by atomic mass is 10.1. The molecule has 2 aromatic heterocycles. The first kappa shape index (κ1) is 12.2. The van der Waals surface area contributed by atoms with Crippen LogP contribution in [0.15, 0.2) is 65.4 Å². The largest absolute Gasteiger partial charge is 0.464 e. The molecule has 0 fully saturated rings. The summed E-state index contributed by atoms with van der Waals surface area (Å²) < 4.78 is 7.43. The first-order valence-electron chi connectivity index (χ1n) is 6.95. The quantitative estimate of drug-likeness (QED) is 0.623. The third kappa shape index (κ3) is 2.00. The fourth-order valence-corrected chi connectivity index (χ4v) is 2.76. The van der Waals surface area contributed by atoms with Gasteiger partial charge in [-0.2, -0.15) is 5.10 Å². The minimum atomic E-state index is -0.0866. The molecule has 4 nitrogen and oxygen atoms in total. The summed E-state index contributed by atoms with van der Waals surface area (Å²) in [6.45, 7) is 0.637. The molecule has 2 N–H and O–H groups in total. The Balaban J connectivity index is 1.78. The molecule has 0 radical (unpaired) electrons. The predicted molar refractivity (Wildman–Crippen MR) is 82.9 cm³/mol. The van der Waals surface area contributed by atoms with Crippen molar-refractivity contribution in [1.82, 2.24) is 9.78 Å². The highest BCUT2D eigenvalue weighted by Crippen LogP contribution is 2.27. The van der Waals surface area contributed by atoms with Crippen molar-refractivity contribution in [1.29, 1.82) is 0 Å².